The second-order valence-corrected chi connectivity index (χ2v) is 8.30. The molecule has 0 spiro atoms. The van der Waals surface area contributed by atoms with Crippen LogP contribution in [0.25, 0.3) is 16.7 Å². The fourth-order valence-electron chi connectivity index (χ4n) is 3.63. The monoisotopic (exact) mass is 452 g/mol. The number of anilines is 2. The molecule has 0 radical (unpaired) electrons. The molecule has 2 N–H and O–H groups in total. The van der Waals surface area contributed by atoms with E-state index in [4.69, 9.17) is 16.3 Å². The maximum atomic E-state index is 12.5. The number of amides is 1. The molecule has 11 heteroatoms. The number of nitrogens with zero attached hydrogens (tertiary/aromatic N) is 6. The number of hydrogen-bond donors (Lipinski definition) is 2. The number of hydrogen-bond acceptors (Lipinski definition) is 7. The van der Waals surface area contributed by atoms with E-state index in [0.717, 1.165) is 11.4 Å². The maximum Gasteiger partial charge on any atom is 0.415 e. The first-order chi connectivity index (χ1) is 15.5. The van der Waals surface area contributed by atoms with Crippen LogP contribution < -0.4 is 10.2 Å². The summed E-state index contributed by atoms with van der Waals surface area (Å²) < 4.78 is 7.20. The van der Waals surface area contributed by atoms with Crippen molar-refractivity contribution in [1.82, 2.24) is 29.7 Å². The Labute approximate surface area is 188 Å². The van der Waals surface area contributed by atoms with Crippen LogP contribution in [0.2, 0.25) is 5.02 Å². The quantitative estimate of drug-likeness (QED) is 0.457. The molecular formula is C21H21ClN8O2. The Morgan fingerprint density at radius 2 is 2.09 bits per heavy atom. The normalized spacial score (nSPS) is 16.2. The molecule has 0 saturated carbocycles. The minimum Gasteiger partial charge on any atom is -0.447 e. The number of nitrogens with one attached hydrogen (secondary N) is 2. The summed E-state index contributed by atoms with van der Waals surface area (Å²) in [5.74, 6) is 1.03. The Hall–Kier alpha value is -3.66. The van der Waals surface area contributed by atoms with Crippen molar-refractivity contribution in [1.29, 1.82) is 0 Å². The van der Waals surface area contributed by atoms with Gasteiger partial charge in [-0.15, -0.1) is 0 Å². The largest absolute Gasteiger partial charge is 0.447 e. The van der Waals surface area contributed by atoms with Crippen LogP contribution in [-0.4, -0.2) is 48.5 Å². The number of carbonyl (C=O) groups is 1. The molecule has 1 aromatic carbocycles. The highest BCUT2D eigenvalue weighted by Crippen LogP contribution is 2.31. The molecule has 5 rings (SSSR count). The third-order valence-electron chi connectivity index (χ3n) is 5.38. The zero-order chi connectivity index (χ0) is 22.2. The average molecular weight is 453 g/mol. The first-order valence-electron chi connectivity index (χ1n) is 10.2. The molecule has 0 bridgehead atoms. The van der Waals surface area contributed by atoms with Gasteiger partial charge in [-0.05, 0) is 30.2 Å². The Bertz CT molecular complexity index is 1270. The van der Waals surface area contributed by atoms with Crippen LogP contribution in [-0.2, 0) is 11.3 Å². The average Bonchev–Trinajstić information content (AvgIpc) is 3.52. The topological polar surface area (TPSA) is 114 Å². The van der Waals surface area contributed by atoms with Gasteiger partial charge in [0.1, 0.15) is 6.61 Å². The number of halogens is 1. The predicted octanol–water partition coefficient (Wildman–Crippen LogP) is 3.79. The van der Waals surface area contributed by atoms with Crippen molar-refractivity contribution in [3.8, 4) is 5.69 Å². The van der Waals surface area contributed by atoms with Gasteiger partial charge in [-0.1, -0.05) is 25.4 Å². The van der Waals surface area contributed by atoms with Crippen molar-refractivity contribution in [3.05, 3.63) is 53.7 Å². The van der Waals surface area contributed by atoms with Gasteiger partial charge in [-0.2, -0.15) is 15.1 Å². The van der Waals surface area contributed by atoms with E-state index in [1.54, 1.807) is 17.4 Å². The number of rotatable bonds is 6. The van der Waals surface area contributed by atoms with Gasteiger partial charge in [-0.25, -0.2) is 9.78 Å². The third kappa shape index (κ3) is 3.73. The SMILES string of the molecule is CC(C)C1COC(=O)N1c1nc(NCc2cn(-c3ccc(Cl)cc3)cn2)nc2[nH]ncc12. The first kappa shape index (κ1) is 20.3. The minimum atomic E-state index is -0.419. The van der Waals surface area contributed by atoms with E-state index < -0.39 is 6.09 Å². The standard InChI is InChI=1S/C21H21ClN8O2/c1-12(2)17-10-32-21(31)30(17)19-16-8-25-28-18(16)26-20(27-19)23-7-14-9-29(11-24-14)15-5-3-13(22)4-6-15/h3-6,8-9,11-12,17H,7,10H2,1-2H3,(H2,23,25,26,27,28). The molecule has 32 heavy (non-hydrogen) atoms. The molecule has 1 atom stereocenters. The number of imidazole rings is 1. The van der Waals surface area contributed by atoms with Gasteiger partial charge in [0, 0.05) is 16.9 Å². The van der Waals surface area contributed by atoms with Crippen LogP contribution in [0.4, 0.5) is 16.6 Å². The zero-order valence-corrected chi connectivity index (χ0v) is 18.2. The molecule has 1 fully saturated rings. The highest BCUT2D eigenvalue weighted by Gasteiger charge is 2.38. The van der Waals surface area contributed by atoms with E-state index in [9.17, 15) is 4.79 Å². The lowest BCUT2D eigenvalue weighted by molar-refractivity contribution is 0.177. The Kier molecular flexibility index (Phi) is 5.14. The number of H-pyrrole nitrogens is 1. The Morgan fingerprint density at radius 1 is 1.28 bits per heavy atom. The number of aromatic amines is 1. The van der Waals surface area contributed by atoms with E-state index >= 15 is 0 Å². The van der Waals surface area contributed by atoms with Gasteiger partial charge in [0.2, 0.25) is 5.95 Å². The van der Waals surface area contributed by atoms with Gasteiger partial charge in [0.25, 0.3) is 0 Å². The number of fused-ring (bicyclic) bond motifs is 1. The molecule has 164 valence electrons. The van der Waals surface area contributed by atoms with Crippen molar-refractivity contribution >= 4 is 40.5 Å². The van der Waals surface area contributed by atoms with E-state index in [2.05, 4.69) is 30.5 Å². The van der Waals surface area contributed by atoms with Crippen LogP contribution in [0.1, 0.15) is 19.5 Å². The number of aromatic nitrogens is 6. The summed E-state index contributed by atoms with van der Waals surface area (Å²) in [7, 11) is 0. The highest BCUT2D eigenvalue weighted by molar-refractivity contribution is 6.30. The molecule has 1 saturated heterocycles. The smallest absolute Gasteiger partial charge is 0.415 e. The van der Waals surface area contributed by atoms with Crippen molar-refractivity contribution < 1.29 is 9.53 Å². The summed E-state index contributed by atoms with van der Waals surface area (Å²) >= 11 is 5.96. The maximum absolute atomic E-state index is 12.5. The van der Waals surface area contributed by atoms with Crippen LogP contribution in [0.5, 0.6) is 0 Å². The van der Waals surface area contributed by atoms with Gasteiger partial charge < -0.3 is 14.6 Å². The molecule has 0 aliphatic carbocycles. The molecule has 3 aromatic heterocycles. The molecule has 4 aromatic rings. The summed E-state index contributed by atoms with van der Waals surface area (Å²) in [6.45, 7) is 4.82. The second kappa shape index (κ2) is 8.12. The molecule has 10 nitrogen and oxygen atoms in total. The Morgan fingerprint density at radius 3 is 2.88 bits per heavy atom. The molecule has 1 amide bonds. The van der Waals surface area contributed by atoms with Crippen molar-refractivity contribution in [2.24, 2.45) is 5.92 Å². The summed E-state index contributed by atoms with van der Waals surface area (Å²) in [4.78, 5) is 27.6. The minimum absolute atomic E-state index is 0.113. The molecule has 4 heterocycles. The van der Waals surface area contributed by atoms with E-state index in [-0.39, 0.29) is 12.0 Å². The van der Waals surface area contributed by atoms with Crippen molar-refractivity contribution in [3.63, 3.8) is 0 Å². The van der Waals surface area contributed by atoms with Gasteiger partial charge >= 0.3 is 6.09 Å². The van der Waals surface area contributed by atoms with Crippen molar-refractivity contribution in [2.75, 3.05) is 16.8 Å². The lowest BCUT2D eigenvalue weighted by atomic mass is 10.0. The first-order valence-corrected chi connectivity index (χ1v) is 10.6. The molecule has 1 unspecified atom stereocenters. The van der Waals surface area contributed by atoms with Gasteiger partial charge in [0.15, 0.2) is 11.5 Å². The van der Waals surface area contributed by atoms with Crippen LogP contribution in [0.3, 0.4) is 0 Å². The fraction of sp³-hybridized carbons (Fsp3) is 0.286. The molecule has 1 aliphatic heterocycles. The summed E-state index contributed by atoms with van der Waals surface area (Å²) in [6, 6.07) is 7.39. The molecular weight excluding hydrogens is 432 g/mol. The highest BCUT2D eigenvalue weighted by atomic mass is 35.5. The van der Waals surface area contributed by atoms with Gasteiger partial charge in [0.05, 0.1) is 36.2 Å². The number of ether oxygens (including phenoxy) is 1. The third-order valence-corrected chi connectivity index (χ3v) is 5.63. The van der Waals surface area contributed by atoms with E-state index in [0.29, 0.717) is 41.0 Å². The predicted molar refractivity (Wildman–Crippen MR) is 120 cm³/mol. The lowest BCUT2D eigenvalue weighted by Crippen LogP contribution is -2.38. The van der Waals surface area contributed by atoms with E-state index in [1.165, 1.54) is 0 Å². The molecule has 1 aliphatic rings. The van der Waals surface area contributed by atoms with Crippen molar-refractivity contribution in [2.45, 2.75) is 26.4 Å². The zero-order valence-electron chi connectivity index (χ0n) is 17.5. The van der Waals surface area contributed by atoms with Crippen LogP contribution >= 0.6 is 11.6 Å². The lowest BCUT2D eigenvalue weighted by Gasteiger charge is -2.24. The summed E-state index contributed by atoms with van der Waals surface area (Å²) in [5.41, 5.74) is 2.29. The summed E-state index contributed by atoms with van der Waals surface area (Å²) in [5, 5.41) is 11.5. The summed E-state index contributed by atoms with van der Waals surface area (Å²) in [6.07, 6.45) is 4.85. The van der Waals surface area contributed by atoms with Crippen LogP contribution in [0, 0.1) is 5.92 Å². The second-order valence-electron chi connectivity index (χ2n) is 7.86. The fourth-order valence-corrected chi connectivity index (χ4v) is 3.76. The number of benzene rings is 1. The number of cyclic esters (lactones) is 1. The van der Waals surface area contributed by atoms with Gasteiger partial charge in [-0.3, -0.25) is 10.00 Å². The van der Waals surface area contributed by atoms with Crippen LogP contribution in [0.15, 0.2) is 43.0 Å². The Balaban J connectivity index is 1.40. The van der Waals surface area contributed by atoms with E-state index in [1.807, 2.05) is 48.9 Å². The number of carbonyl (C=O) groups excluding carboxylic acids is 1.